The van der Waals surface area contributed by atoms with Crippen LogP contribution >= 0.6 is 0 Å². The van der Waals surface area contributed by atoms with E-state index in [1.165, 1.54) is 0 Å². The third-order valence-electron chi connectivity index (χ3n) is 4.22. The summed E-state index contributed by atoms with van der Waals surface area (Å²) < 4.78 is 15.7. The second-order valence-electron chi connectivity index (χ2n) is 6.48. The van der Waals surface area contributed by atoms with Crippen LogP contribution in [0.15, 0.2) is 0 Å². The Labute approximate surface area is 152 Å². The smallest absolute Gasteiger partial charge is 0.355 e. The second kappa shape index (κ2) is 8.35. The predicted octanol–water partition coefficient (Wildman–Crippen LogP) is 1.60. The lowest BCUT2D eigenvalue weighted by molar-refractivity contribution is -0.146. The van der Waals surface area contributed by atoms with Crippen LogP contribution in [0.3, 0.4) is 0 Å². The minimum atomic E-state index is -0.644. The fourth-order valence-electron chi connectivity index (χ4n) is 3.14. The molecule has 1 amide bonds. The average molecular weight is 366 g/mol. The van der Waals surface area contributed by atoms with Crippen molar-refractivity contribution < 1.29 is 28.6 Å². The van der Waals surface area contributed by atoms with Gasteiger partial charge in [-0.3, -0.25) is 4.79 Å². The van der Waals surface area contributed by atoms with Crippen molar-refractivity contribution in [2.75, 3.05) is 26.3 Å². The van der Waals surface area contributed by atoms with Gasteiger partial charge in [0.25, 0.3) is 5.91 Å². The van der Waals surface area contributed by atoms with Crippen molar-refractivity contribution in [1.82, 2.24) is 9.88 Å². The van der Waals surface area contributed by atoms with E-state index < -0.39 is 11.9 Å². The summed E-state index contributed by atoms with van der Waals surface area (Å²) in [7, 11) is 0. The van der Waals surface area contributed by atoms with Gasteiger partial charge in [-0.15, -0.1) is 0 Å². The molecule has 1 aromatic heterocycles. The quantitative estimate of drug-likeness (QED) is 0.795. The number of aryl methyl sites for hydroxylation is 1. The van der Waals surface area contributed by atoms with E-state index in [0.29, 0.717) is 24.3 Å². The highest BCUT2D eigenvalue weighted by atomic mass is 16.5. The van der Waals surface area contributed by atoms with Gasteiger partial charge in [-0.1, -0.05) is 0 Å². The van der Waals surface area contributed by atoms with Crippen molar-refractivity contribution in [3.05, 3.63) is 22.5 Å². The molecular formula is C18H26N2O6. The number of aromatic amines is 1. The second-order valence-corrected chi connectivity index (χ2v) is 6.48. The summed E-state index contributed by atoms with van der Waals surface area (Å²) >= 11 is 0. The van der Waals surface area contributed by atoms with E-state index in [-0.39, 0.29) is 42.6 Å². The molecule has 2 rings (SSSR count). The molecule has 8 heteroatoms. The van der Waals surface area contributed by atoms with Crippen molar-refractivity contribution in [2.45, 2.75) is 46.8 Å². The van der Waals surface area contributed by atoms with Crippen LogP contribution in [0, 0.1) is 13.8 Å². The van der Waals surface area contributed by atoms with Crippen molar-refractivity contribution >= 4 is 17.8 Å². The molecule has 144 valence electrons. The van der Waals surface area contributed by atoms with Crippen molar-refractivity contribution in [1.29, 1.82) is 0 Å². The Balaban J connectivity index is 2.02. The van der Waals surface area contributed by atoms with Crippen molar-refractivity contribution in [3.8, 4) is 0 Å². The highest BCUT2D eigenvalue weighted by Crippen LogP contribution is 2.20. The normalized spacial score (nSPS) is 20.0. The van der Waals surface area contributed by atoms with E-state index in [2.05, 4.69) is 4.98 Å². The first-order valence-corrected chi connectivity index (χ1v) is 8.71. The molecule has 1 saturated heterocycles. The lowest BCUT2D eigenvalue weighted by Crippen LogP contribution is -2.49. The number of nitrogens with one attached hydrogen (secondary N) is 1. The van der Waals surface area contributed by atoms with Crippen LogP contribution in [0.4, 0.5) is 0 Å². The number of carbonyl (C=O) groups is 3. The monoisotopic (exact) mass is 366 g/mol. The number of H-pyrrole nitrogens is 1. The van der Waals surface area contributed by atoms with Gasteiger partial charge in [-0.25, -0.2) is 9.59 Å². The molecule has 0 saturated carbocycles. The van der Waals surface area contributed by atoms with E-state index in [1.54, 1.807) is 25.7 Å². The molecule has 2 atom stereocenters. The molecule has 1 aliphatic heterocycles. The molecule has 0 spiro atoms. The van der Waals surface area contributed by atoms with E-state index in [4.69, 9.17) is 14.2 Å². The third kappa shape index (κ3) is 4.43. The standard InChI is InChI=1S/C18H26N2O6/c1-6-24-18(23)16-12(4)15(13(5)19-16)17(22)25-9-14(21)20-7-10(2)26-11(3)8-20/h10-11,19H,6-9H2,1-5H3/t10-,11-/m0/s1. The molecule has 0 radical (unpaired) electrons. The van der Waals surface area contributed by atoms with Crippen LogP contribution in [0.1, 0.15) is 52.9 Å². The Hall–Kier alpha value is -2.35. The molecule has 0 aromatic carbocycles. The molecule has 0 bridgehead atoms. The highest BCUT2D eigenvalue weighted by molar-refractivity contribution is 5.99. The van der Waals surface area contributed by atoms with Crippen LogP contribution in [-0.4, -0.2) is 66.2 Å². The number of amides is 1. The van der Waals surface area contributed by atoms with Crippen LogP contribution < -0.4 is 0 Å². The van der Waals surface area contributed by atoms with Crippen LogP contribution in [-0.2, 0) is 19.0 Å². The van der Waals surface area contributed by atoms with Crippen LogP contribution in [0.25, 0.3) is 0 Å². The van der Waals surface area contributed by atoms with E-state index in [1.807, 2.05) is 13.8 Å². The minimum absolute atomic E-state index is 0.0558. The molecule has 0 unspecified atom stereocenters. The zero-order chi connectivity index (χ0) is 19.4. The van der Waals surface area contributed by atoms with Gasteiger partial charge in [-0.2, -0.15) is 0 Å². The van der Waals surface area contributed by atoms with Crippen LogP contribution in [0.2, 0.25) is 0 Å². The zero-order valence-electron chi connectivity index (χ0n) is 15.9. The summed E-state index contributed by atoms with van der Waals surface area (Å²) in [4.78, 5) is 41.1. The van der Waals surface area contributed by atoms with E-state index >= 15 is 0 Å². The fraction of sp³-hybridized carbons (Fsp3) is 0.611. The Morgan fingerprint density at radius 3 is 2.31 bits per heavy atom. The number of ether oxygens (including phenoxy) is 3. The first-order valence-electron chi connectivity index (χ1n) is 8.71. The lowest BCUT2D eigenvalue weighted by atomic mass is 10.1. The SMILES string of the molecule is CCOC(=O)c1[nH]c(C)c(C(=O)OCC(=O)N2C[C@H](C)O[C@@H](C)C2)c1C. The number of hydrogen-bond acceptors (Lipinski definition) is 6. The summed E-state index contributed by atoms with van der Waals surface area (Å²) in [6, 6.07) is 0. The summed E-state index contributed by atoms with van der Waals surface area (Å²) in [6.07, 6.45) is -0.112. The molecule has 0 aliphatic carbocycles. The maximum atomic E-state index is 12.4. The number of rotatable bonds is 5. The number of esters is 2. The molecule has 2 heterocycles. The first kappa shape index (κ1) is 20.0. The van der Waals surface area contributed by atoms with Gasteiger partial charge in [-0.05, 0) is 40.2 Å². The minimum Gasteiger partial charge on any atom is -0.461 e. The highest BCUT2D eigenvalue weighted by Gasteiger charge is 2.28. The molecule has 1 fully saturated rings. The summed E-state index contributed by atoms with van der Waals surface area (Å²) in [5.41, 5.74) is 1.42. The average Bonchev–Trinajstić information content (AvgIpc) is 2.86. The van der Waals surface area contributed by atoms with Gasteiger partial charge >= 0.3 is 11.9 Å². The van der Waals surface area contributed by atoms with Gasteiger partial charge < -0.3 is 24.1 Å². The first-order chi connectivity index (χ1) is 12.2. The topological polar surface area (TPSA) is 97.9 Å². The zero-order valence-corrected chi connectivity index (χ0v) is 15.9. The molecule has 1 aliphatic rings. The molecule has 1 N–H and O–H groups in total. The Kier molecular flexibility index (Phi) is 6.42. The van der Waals surface area contributed by atoms with Gasteiger partial charge in [0.05, 0.1) is 24.4 Å². The van der Waals surface area contributed by atoms with E-state index in [0.717, 1.165) is 0 Å². The van der Waals surface area contributed by atoms with E-state index in [9.17, 15) is 14.4 Å². The lowest BCUT2D eigenvalue weighted by Gasteiger charge is -2.35. The number of hydrogen-bond donors (Lipinski definition) is 1. The fourth-order valence-corrected chi connectivity index (χ4v) is 3.14. The number of aromatic nitrogens is 1. The molecule has 8 nitrogen and oxygen atoms in total. The molecular weight excluding hydrogens is 340 g/mol. The van der Waals surface area contributed by atoms with Crippen molar-refractivity contribution in [2.24, 2.45) is 0 Å². The molecule has 1 aromatic rings. The number of carbonyl (C=O) groups excluding carboxylic acids is 3. The van der Waals surface area contributed by atoms with Gasteiger partial charge in [0, 0.05) is 18.8 Å². The summed E-state index contributed by atoms with van der Waals surface area (Å²) in [5, 5.41) is 0. The Morgan fingerprint density at radius 2 is 1.73 bits per heavy atom. The van der Waals surface area contributed by atoms with Gasteiger partial charge in [0.2, 0.25) is 0 Å². The third-order valence-corrected chi connectivity index (χ3v) is 4.22. The summed E-state index contributed by atoms with van der Waals surface area (Å²) in [5.74, 6) is -1.44. The predicted molar refractivity (Wildman–Crippen MR) is 93.1 cm³/mol. The van der Waals surface area contributed by atoms with Crippen molar-refractivity contribution in [3.63, 3.8) is 0 Å². The maximum absolute atomic E-state index is 12.4. The largest absolute Gasteiger partial charge is 0.461 e. The number of morpholine rings is 1. The number of nitrogens with zero attached hydrogens (tertiary/aromatic N) is 1. The summed E-state index contributed by atoms with van der Waals surface area (Å²) in [6.45, 7) is 9.62. The maximum Gasteiger partial charge on any atom is 0.355 e. The van der Waals surface area contributed by atoms with Gasteiger partial charge in [0.1, 0.15) is 5.69 Å². The molecule has 26 heavy (non-hydrogen) atoms. The van der Waals surface area contributed by atoms with Gasteiger partial charge in [0.15, 0.2) is 6.61 Å². The Bertz CT molecular complexity index is 686. The van der Waals surface area contributed by atoms with Crippen LogP contribution in [0.5, 0.6) is 0 Å². The Morgan fingerprint density at radius 1 is 1.12 bits per heavy atom.